The lowest BCUT2D eigenvalue weighted by Gasteiger charge is -2.32. The van der Waals surface area contributed by atoms with Crippen LogP contribution in [0.4, 0.5) is 5.69 Å². The van der Waals surface area contributed by atoms with Crippen molar-refractivity contribution in [3.8, 4) is 0 Å². The van der Waals surface area contributed by atoms with Gasteiger partial charge < -0.3 is 4.74 Å². The largest absolute Gasteiger partial charge is 0.462 e. The zero-order valence-corrected chi connectivity index (χ0v) is 15.7. The lowest BCUT2D eigenvalue weighted by atomic mass is 9.98. The maximum absolute atomic E-state index is 11.9. The van der Waals surface area contributed by atoms with Crippen molar-refractivity contribution >= 4 is 17.7 Å². The number of rotatable bonds is 7. The van der Waals surface area contributed by atoms with Gasteiger partial charge in [0.2, 0.25) is 0 Å². The number of likely N-dealkylation sites (tertiary alicyclic amines) is 1. The van der Waals surface area contributed by atoms with Gasteiger partial charge in [-0.3, -0.25) is 15.0 Å². The molecule has 2 aromatic carbocycles. The summed E-state index contributed by atoms with van der Waals surface area (Å²) in [6.45, 7) is 2.82. The molecule has 0 spiro atoms. The molecule has 0 aliphatic carbocycles. The van der Waals surface area contributed by atoms with Crippen LogP contribution in [0.2, 0.25) is 0 Å². The minimum atomic E-state index is -0.370. The Hall–Kier alpha value is -2.99. The second-order valence-corrected chi connectivity index (χ2v) is 7.04. The minimum Gasteiger partial charge on any atom is -0.462 e. The molecule has 1 atom stereocenters. The SMILES string of the molecule is O=C(/C=C/c1ccccc1)OCC1CCCN(Cc2cccc([N+](=O)[O-])c2)C1. The topological polar surface area (TPSA) is 72.7 Å². The van der Waals surface area contributed by atoms with Crippen molar-refractivity contribution < 1.29 is 14.5 Å². The summed E-state index contributed by atoms with van der Waals surface area (Å²) in [7, 11) is 0. The monoisotopic (exact) mass is 380 g/mol. The van der Waals surface area contributed by atoms with Gasteiger partial charge in [0.05, 0.1) is 11.5 Å². The Morgan fingerprint density at radius 3 is 2.82 bits per heavy atom. The van der Waals surface area contributed by atoms with Gasteiger partial charge in [0, 0.05) is 37.2 Å². The molecule has 0 saturated carbocycles. The third-order valence-corrected chi connectivity index (χ3v) is 4.80. The van der Waals surface area contributed by atoms with E-state index in [1.165, 1.54) is 12.1 Å². The highest BCUT2D eigenvalue weighted by Gasteiger charge is 2.21. The van der Waals surface area contributed by atoms with E-state index in [0.29, 0.717) is 13.2 Å². The highest BCUT2D eigenvalue weighted by molar-refractivity contribution is 5.87. The van der Waals surface area contributed by atoms with Crippen LogP contribution >= 0.6 is 0 Å². The number of carbonyl (C=O) groups excluding carboxylic acids is 1. The van der Waals surface area contributed by atoms with E-state index in [9.17, 15) is 14.9 Å². The van der Waals surface area contributed by atoms with E-state index in [0.717, 1.165) is 37.1 Å². The first-order chi connectivity index (χ1) is 13.6. The summed E-state index contributed by atoms with van der Waals surface area (Å²) in [6.07, 6.45) is 5.25. The maximum Gasteiger partial charge on any atom is 0.330 e. The third kappa shape index (κ3) is 6.03. The van der Waals surface area contributed by atoms with Crippen LogP contribution in [0, 0.1) is 16.0 Å². The van der Waals surface area contributed by atoms with Crippen LogP contribution in [0.1, 0.15) is 24.0 Å². The van der Waals surface area contributed by atoms with Crippen molar-refractivity contribution in [2.45, 2.75) is 19.4 Å². The van der Waals surface area contributed by atoms with Crippen LogP contribution in [0.3, 0.4) is 0 Å². The summed E-state index contributed by atoms with van der Waals surface area (Å²) in [5.41, 5.74) is 2.00. The van der Waals surface area contributed by atoms with E-state index in [1.54, 1.807) is 18.2 Å². The summed E-state index contributed by atoms with van der Waals surface area (Å²) in [4.78, 5) is 24.8. The second-order valence-electron chi connectivity index (χ2n) is 7.04. The normalized spacial score (nSPS) is 17.5. The van der Waals surface area contributed by atoms with Gasteiger partial charge in [-0.25, -0.2) is 4.79 Å². The van der Waals surface area contributed by atoms with Gasteiger partial charge in [0.15, 0.2) is 0 Å². The fraction of sp³-hybridized carbons (Fsp3) is 0.318. The number of hydrogen-bond donors (Lipinski definition) is 0. The number of piperidine rings is 1. The zero-order chi connectivity index (χ0) is 19.8. The predicted octanol–water partition coefficient (Wildman–Crippen LogP) is 4.06. The molecule has 0 radical (unpaired) electrons. The Morgan fingerprint density at radius 1 is 1.21 bits per heavy atom. The molecule has 1 aliphatic rings. The quantitative estimate of drug-likeness (QED) is 0.313. The molecule has 1 fully saturated rings. The molecule has 2 aromatic rings. The number of nitro groups is 1. The number of esters is 1. The van der Waals surface area contributed by atoms with Gasteiger partial charge >= 0.3 is 5.97 Å². The molecule has 6 heteroatoms. The molecule has 1 heterocycles. The van der Waals surface area contributed by atoms with E-state index in [4.69, 9.17) is 4.74 Å². The number of nitrogens with zero attached hydrogens (tertiary/aromatic N) is 2. The van der Waals surface area contributed by atoms with E-state index in [1.807, 2.05) is 36.4 Å². The Balaban J connectivity index is 1.47. The Labute approximate surface area is 164 Å². The van der Waals surface area contributed by atoms with E-state index in [2.05, 4.69) is 4.90 Å². The van der Waals surface area contributed by atoms with E-state index < -0.39 is 0 Å². The lowest BCUT2D eigenvalue weighted by Crippen LogP contribution is -2.37. The molecule has 1 saturated heterocycles. The van der Waals surface area contributed by atoms with Gasteiger partial charge in [-0.05, 0) is 36.6 Å². The first-order valence-corrected chi connectivity index (χ1v) is 9.46. The van der Waals surface area contributed by atoms with Gasteiger partial charge in [0.1, 0.15) is 0 Å². The predicted molar refractivity (Wildman–Crippen MR) is 108 cm³/mol. The van der Waals surface area contributed by atoms with Crippen LogP contribution in [0.25, 0.3) is 6.08 Å². The molecule has 0 aromatic heterocycles. The molecular weight excluding hydrogens is 356 g/mol. The Morgan fingerprint density at radius 2 is 2.04 bits per heavy atom. The van der Waals surface area contributed by atoms with Crippen LogP contribution in [0.5, 0.6) is 0 Å². The van der Waals surface area contributed by atoms with Crippen LogP contribution in [-0.4, -0.2) is 35.5 Å². The molecule has 3 rings (SSSR count). The highest BCUT2D eigenvalue weighted by Crippen LogP contribution is 2.21. The van der Waals surface area contributed by atoms with Crippen molar-refractivity contribution in [3.63, 3.8) is 0 Å². The summed E-state index contributed by atoms with van der Waals surface area (Å²) in [6, 6.07) is 16.4. The summed E-state index contributed by atoms with van der Waals surface area (Å²) in [5, 5.41) is 10.9. The van der Waals surface area contributed by atoms with Crippen LogP contribution in [-0.2, 0) is 16.1 Å². The van der Waals surface area contributed by atoms with E-state index in [-0.39, 0.29) is 22.5 Å². The molecule has 1 aliphatic heterocycles. The highest BCUT2D eigenvalue weighted by atomic mass is 16.6. The van der Waals surface area contributed by atoms with Gasteiger partial charge in [-0.1, -0.05) is 42.5 Å². The molecule has 28 heavy (non-hydrogen) atoms. The van der Waals surface area contributed by atoms with Crippen molar-refractivity contribution in [1.82, 2.24) is 4.90 Å². The zero-order valence-electron chi connectivity index (χ0n) is 15.7. The van der Waals surface area contributed by atoms with Gasteiger partial charge in [-0.2, -0.15) is 0 Å². The Kier molecular flexibility index (Phi) is 6.92. The van der Waals surface area contributed by atoms with Crippen LogP contribution < -0.4 is 0 Å². The van der Waals surface area contributed by atoms with Gasteiger partial charge in [0.25, 0.3) is 5.69 Å². The number of benzene rings is 2. The van der Waals surface area contributed by atoms with Crippen molar-refractivity contribution in [3.05, 3.63) is 81.9 Å². The number of nitro benzene ring substituents is 1. The van der Waals surface area contributed by atoms with Crippen molar-refractivity contribution in [1.29, 1.82) is 0 Å². The van der Waals surface area contributed by atoms with Crippen molar-refractivity contribution in [2.24, 2.45) is 5.92 Å². The summed E-state index contributed by atoms with van der Waals surface area (Å²) >= 11 is 0. The summed E-state index contributed by atoms with van der Waals surface area (Å²) < 4.78 is 5.41. The number of carbonyl (C=O) groups is 1. The fourth-order valence-corrected chi connectivity index (χ4v) is 3.43. The number of ether oxygens (including phenoxy) is 1. The number of hydrogen-bond acceptors (Lipinski definition) is 5. The molecule has 146 valence electrons. The standard InChI is InChI=1S/C22H24N2O4/c25-22(12-11-18-6-2-1-3-7-18)28-17-20-9-5-13-23(16-20)15-19-8-4-10-21(14-19)24(26)27/h1-4,6-8,10-12,14,20H,5,9,13,15-17H2/b12-11+. The van der Waals surface area contributed by atoms with Gasteiger partial charge in [-0.15, -0.1) is 0 Å². The molecule has 0 amide bonds. The fourth-order valence-electron chi connectivity index (χ4n) is 3.43. The minimum absolute atomic E-state index is 0.116. The average molecular weight is 380 g/mol. The molecule has 1 unspecified atom stereocenters. The first kappa shape index (κ1) is 19.8. The number of non-ortho nitro benzene ring substituents is 1. The third-order valence-electron chi connectivity index (χ3n) is 4.80. The van der Waals surface area contributed by atoms with E-state index >= 15 is 0 Å². The molecule has 6 nitrogen and oxygen atoms in total. The van der Waals surface area contributed by atoms with Crippen LogP contribution in [0.15, 0.2) is 60.7 Å². The van der Waals surface area contributed by atoms with Crippen molar-refractivity contribution in [2.75, 3.05) is 19.7 Å². The summed E-state index contributed by atoms with van der Waals surface area (Å²) in [5.74, 6) is -0.0545. The molecule has 0 bridgehead atoms. The maximum atomic E-state index is 11.9. The molecular formula is C22H24N2O4. The molecule has 0 N–H and O–H groups in total. The lowest BCUT2D eigenvalue weighted by molar-refractivity contribution is -0.384. The Bertz CT molecular complexity index is 835. The first-order valence-electron chi connectivity index (χ1n) is 9.46. The smallest absolute Gasteiger partial charge is 0.330 e. The average Bonchev–Trinajstić information content (AvgIpc) is 2.72. The second kappa shape index (κ2) is 9.80.